The molecule has 1 amide bonds. The van der Waals surface area contributed by atoms with Gasteiger partial charge in [-0.2, -0.15) is 0 Å². The van der Waals surface area contributed by atoms with Gasteiger partial charge in [-0.3, -0.25) is 4.79 Å². The monoisotopic (exact) mass is 318 g/mol. The van der Waals surface area contributed by atoms with Gasteiger partial charge in [0.2, 0.25) is 0 Å². The fourth-order valence-electron chi connectivity index (χ4n) is 1.77. The summed E-state index contributed by atoms with van der Waals surface area (Å²) < 4.78 is 0. The molecule has 6 heteroatoms. The van der Waals surface area contributed by atoms with E-state index >= 15 is 0 Å². The quantitative estimate of drug-likeness (QED) is 0.900. The zero-order valence-corrected chi connectivity index (χ0v) is 13.8. The third-order valence-corrected chi connectivity index (χ3v) is 3.24. The SMILES string of the molecule is Cc1ccc(NC(=O)c2ccc(NC(C)(C)C)nn2)cc1Cl. The molecule has 0 radical (unpaired) electrons. The van der Waals surface area contributed by atoms with Gasteiger partial charge in [0.15, 0.2) is 5.69 Å². The Morgan fingerprint density at radius 1 is 1.14 bits per heavy atom. The Labute approximate surface area is 135 Å². The highest BCUT2D eigenvalue weighted by Crippen LogP contribution is 2.20. The van der Waals surface area contributed by atoms with Crippen LogP contribution >= 0.6 is 11.6 Å². The third-order valence-electron chi connectivity index (χ3n) is 2.83. The van der Waals surface area contributed by atoms with Crippen molar-refractivity contribution in [2.75, 3.05) is 10.6 Å². The van der Waals surface area contributed by atoms with E-state index in [4.69, 9.17) is 11.6 Å². The Bertz CT molecular complexity index is 678. The summed E-state index contributed by atoms with van der Waals surface area (Å²) in [6, 6.07) is 8.71. The van der Waals surface area contributed by atoms with Crippen LogP contribution in [0.4, 0.5) is 11.5 Å². The van der Waals surface area contributed by atoms with Gasteiger partial charge in [-0.25, -0.2) is 0 Å². The van der Waals surface area contributed by atoms with E-state index in [1.807, 2.05) is 33.8 Å². The molecule has 0 saturated heterocycles. The van der Waals surface area contributed by atoms with Gasteiger partial charge < -0.3 is 10.6 Å². The standard InChI is InChI=1S/C16H19ClN4O/c1-10-5-6-11(9-12(10)17)18-15(22)13-7-8-14(21-20-13)19-16(2,3)4/h5-9H,1-4H3,(H,18,22)(H,19,21). The highest BCUT2D eigenvalue weighted by Gasteiger charge is 2.13. The molecular weight excluding hydrogens is 300 g/mol. The van der Waals surface area contributed by atoms with Crippen LogP contribution in [0.15, 0.2) is 30.3 Å². The van der Waals surface area contributed by atoms with E-state index in [1.165, 1.54) is 0 Å². The molecule has 22 heavy (non-hydrogen) atoms. The molecule has 0 spiro atoms. The Balaban J connectivity index is 2.08. The average Bonchev–Trinajstić information content (AvgIpc) is 2.42. The summed E-state index contributed by atoms with van der Waals surface area (Å²) in [6.07, 6.45) is 0. The van der Waals surface area contributed by atoms with E-state index in [0.717, 1.165) is 5.56 Å². The van der Waals surface area contributed by atoms with Gasteiger partial charge in [0, 0.05) is 16.2 Å². The van der Waals surface area contributed by atoms with Crippen molar-refractivity contribution in [2.45, 2.75) is 33.2 Å². The van der Waals surface area contributed by atoms with Crippen LogP contribution in [0.25, 0.3) is 0 Å². The zero-order valence-electron chi connectivity index (χ0n) is 13.1. The first kappa shape index (κ1) is 16.2. The number of aryl methyl sites for hydroxylation is 1. The maximum Gasteiger partial charge on any atom is 0.276 e. The number of benzene rings is 1. The number of aromatic nitrogens is 2. The van der Waals surface area contributed by atoms with E-state index in [2.05, 4.69) is 20.8 Å². The Morgan fingerprint density at radius 3 is 2.41 bits per heavy atom. The number of anilines is 2. The molecule has 0 fully saturated rings. The molecule has 0 saturated carbocycles. The summed E-state index contributed by atoms with van der Waals surface area (Å²) in [7, 11) is 0. The van der Waals surface area contributed by atoms with Crippen molar-refractivity contribution in [3.8, 4) is 0 Å². The number of nitrogens with one attached hydrogen (secondary N) is 2. The fraction of sp³-hybridized carbons (Fsp3) is 0.312. The molecule has 1 aromatic heterocycles. The fourth-order valence-corrected chi connectivity index (χ4v) is 1.95. The lowest BCUT2D eigenvalue weighted by Gasteiger charge is -2.20. The van der Waals surface area contributed by atoms with Gasteiger partial charge in [-0.1, -0.05) is 17.7 Å². The van der Waals surface area contributed by atoms with Crippen LogP contribution in [-0.2, 0) is 0 Å². The molecule has 0 aliphatic rings. The maximum atomic E-state index is 12.1. The average molecular weight is 319 g/mol. The van der Waals surface area contributed by atoms with Crippen molar-refractivity contribution in [1.29, 1.82) is 0 Å². The van der Waals surface area contributed by atoms with Crippen molar-refractivity contribution in [2.24, 2.45) is 0 Å². The minimum Gasteiger partial charge on any atom is -0.364 e. The number of carbonyl (C=O) groups is 1. The molecule has 0 bridgehead atoms. The summed E-state index contributed by atoms with van der Waals surface area (Å²) in [5.74, 6) is 0.303. The second-order valence-electron chi connectivity index (χ2n) is 6.10. The van der Waals surface area contributed by atoms with Gasteiger partial charge >= 0.3 is 0 Å². The number of carbonyl (C=O) groups excluding carboxylic acids is 1. The van der Waals surface area contributed by atoms with E-state index in [0.29, 0.717) is 16.5 Å². The number of amides is 1. The van der Waals surface area contributed by atoms with Gasteiger partial charge in [-0.15, -0.1) is 10.2 Å². The van der Waals surface area contributed by atoms with Crippen LogP contribution in [0.1, 0.15) is 36.8 Å². The number of halogens is 1. The lowest BCUT2D eigenvalue weighted by atomic mass is 10.1. The van der Waals surface area contributed by atoms with E-state index < -0.39 is 0 Å². The Kier molecular flexibility index (Phi) is 4.66. The van der Waals surface area contributed by atoms with Crippen molar-refractivity contribution >= 4 is 29.0 Å². The van der Waals surface area contributed by atoms with E-state index in [1.54, 1.807) is 24.3 Å². The first-order chi connectivity index (χ1) is 10.2. The largest absolute Gasteiger partial charge is 0.364 e. The minimum atomic E-state index is -0.324. The summed E-state index contributed by atoms with van der Waals surface area (Å²) in [5, 5.41) is 14.5. The first-order valence-electron chi connectivity index (χ1n) is 6.94. The smallest absolute Gasteiger partial charge is 0.276 e. The molecule has 0 aliphatic carbocycles. The maximum absolute atomic E-state index is 12.1. The number of rotatable bonds is 3. The normalized spacial score (nSPS) is 11.1. The Morgan fingerprint density at radius 2 is 1.86 bits per heavy atom. The second kappa shape index (κ2) is 6.32. The zero-order chi connectivity index (χ0) is 16.3. The molecule has 1 aromatic carbocycles. The molecule has 0 unspecified atom stereocenters. The Hall–Kier alpha value is -2.14. The number of nitrogens with zero attached hydrogens (tertiary/aromatic N) is 2. The van der Waals surface area contributed by atoms with Gasteiger partial charge in [0.25, 0.3) is 5.91 Å². The molecule has 2 aromatic rings. The van der Waals surface area contributed by atoms with Crippen LogP contribution < -0.4 is 10.6 Å². The summed E-state index contributed by atoms with van der Waals surface area (Å²) >= 11 is 6.04. The molecule has 2 N–H and O–H groups in total. The van der Waals surface area contributed by atoms with Crippen molar-refractivity contribution in [3.63, 3.8) is 0 Å². The molecule has 1 heterocycles. The van der Waals surface area contributed by atoms with Crippen LogP contribution in [0.2, 0.25) is 5.02 Å². The topological polar surface area (TPSA) is 66.9 Å². The van der Waals surface area contributed by atoms with E-state index in [-0.39, 0.29) is 17.1 Å². The number of hydrogen-bond acceptors (Lipinski definition) is 4. The van der Waals surface area contributed by atoms with Crippen molar-refractivity contribution < 1.29 is 4.79 Å². The highest BCUT2D eigenvalue weighted by atomic mass is 35.5. The lowest BCUT2D eigenvalue weighted by Crippen LogP contribution is -2.27. The van der Waals surface area contributed by atoms with Crippen molar-refractivity contribution in [1.82, 2.24) is 10.2 Å². The molecule has 5 nitrogen and oxygen atoms in total. The highest BCUT2D eigenvalue weighted by molar-refractivity contribution is 6.31. The van der Waals surface area contributed by atoms with Gasteiger partial charge in [0.1, 0.15) is 5.82 Å². The predicted octanol–water partition coefficient (Wildman–Crippen LogP) is 3.90. The van der Waals surface area contributed by atoms with Crippen LogP contribution in [0.3, 0.4) is 0 Å². The molecule has 0 atom stereocenters. The molecule has 116 valence electrons. The summed E-state index contributed by atoms with van der Waals surface area (Å²) in [4.78, 5) is 12.1. The van der Waals surface area contributed by atoms with Crippen LogP contribution in [-0.4, -0.2) is 21.6 Å². The predicted molar refractivity (Wildman–Crippen MR) is 89.5 cm³/mol. The first-order valence-corrected chi connectivity index (χ1v) is 7.32. The molecule has 0 aliphatic heterocycles. The van der Waals surface area contributed by atoms with Crippen LogP contribution in [0, 0.1) is 6.92 Å². The van der Waals surface area contributed by atoms with Gasteiger partial charge in [0.05, 0.1) is 0 Å². The van der Waals surface area contributed by atoms with E-state index in [9.17, 15) is 4.79 Å². The van der Waals surface area contributed by atoms with Crippen molar-refractivity contribution in [3.05, 3.63) is 46.6 Å². The third kappa shape index (κ3) is 4.43. The number of hydrogen-bond donors (Lipinski definition) is 2. The minimum absolute atomic E-state index is 0.114. The second-order valence-corrected chi connectivity index (χ2v) is 6.50. The van der Waals surface area contributed by atoms with Crippen LogP contribution in [0.5, 0.6) is 0 Å². The van der Waals surface area contributed by atoms with Gasteiger partial charge in [-0.05, 0) is 57.5 Å². The lowest BCUT2D eigenvalue weighted by molar-refractivity contribution is 0.102. The summed E-state index contributed by atoms with van der Waals surface area (Å²) in [5.41, 5.74) is 1.71. The summed E-state index contributed by atoms with van der Waals surface area (Å²) in [6.45, 7) is 7.98. The molecule has 2 rings (SSSR count). The molecular formula is C16H19ClN4O.